The van der Waals surface area contributed by atoms with E-state index in [1.807, 2.05) is 31.4 Å². The Balaban J connectivity index is 2.36. The van der Waals surface area contributed by atoms with Crippen LogP contribution in [0.5, 0.6) is 0 Å². The van der Waals surface area contributed by atoms with E-state index in [1.54, 1.807) is 15.9 Å². The van der Waals surface area contributed by atoms with Gasteiger partial charge in [-0.1, -0.05) is 31.7 Å². The van der Waals surface area contributed by atoms with Crippen molar-refractivity contribution in [3.05, 3.63) is 43.2 Å². The van der Waals surface area contributed by atoms with Crippen LogP contribution in [0.1, 0.15) is 23.5 Å². The Kier molecular flexibility index (Phi) is 4.80. The number of nitrogens with zero attached hydrogens (tertiary/aromatic N) is 2. The number of aldehydes is 1. The lowest BCUT2D eigenvalue weighted by Gasteiger charge is -2.11. The van der Waals surface area contributed by atoms with Crippen molar-refractivity contribution < 1.29 is 4.79 Å². The SMILES string of the molecule is CC(C)Cn1c(=O)n(C)c(=O)c2c(Sc3cccs3)c(C=O)sc21. The van der Waals surface area contributed by atoms with Crippen molar-refractivity contribution in [1.82, 2.24) is 9.13 Å². The van der Waals surface area contributed by atoms with Gasteiger partial charge in [0.1, 0.15) is 4.83 Å². The maximum absolute atomic E-state index is 12.7. The molecule has 0 bridgehead atoms. The van der Waals surface area contributed by atoms with Crippen LogP contribution in [-0.4, -0.2) is 15.4 Å². The van der Waals surface area contributed by atoms with Gasteiger partial charge in [-0.05, 0) is 17.4 Å². The number of rotatable bonds is 5. The van der Waals surface area contributed by atoms with Crippen LogP contribution in [0.25, 0.3) is 10.2 Å². The van der Waals surface area contributed by atoms with Gasteiger partial charge in [0, 0.05) is 18.5 Å². The quantitative estimate of drug-likeness (QED) is 0.636. The Labute approximate surface area is 150 Å². The third-order valence-electron chi connectivity index (χ3n) is 3.51. The van der Waals surface area contributed by atoms with Gasteiger partial charge >= 0.3 is 5.69 Å². The van der Waals surface area contributed by atoms with E-state index in [0.717, 1.165) is 15.1 Å². The second kappa shape index (κ2) is 6.70. The lowest BCUT2D eigenvalue weighted by atomic mass is 10.2. The zero-order chi connectivity index (χ0) is 17.4. The average Bonchev–Trinajstić information content (AvgIpc) is 3.17. The number of fused-ring (bicyclic) bond motifs is 1. The van der Waals surface area contributed by atoms with Crippen molar-refractivity contribution in [2.75, 3.05) is 0 Å². The number of hydrogen-bond donors (Lipinski definition) is 0. The maximum atomic E-state index is 12.7. The average molecular weight is 381 g/mol. The molecule has 0 amide bonds. The third-order valence-corrected chi connectivity index (χ3v) is 6.94. The number of carbonyl (C=O) groups excluding carboxylic acids is 1. The van der Waals surface area contributed by atoms with Crippen molar-refractivity contribution in [3.8, 4) is 0 Å². The zero-order valence-corrected chi connectivity index (χ0v) is 15.9. The van der Waals surface area contributed by atoms with E-state index in [9.17, 15) is 14.4 Å². The molecule has 0 saturated heterocycles. The highest BCUT2D eigenvalue weighted by atomic mass is 32.2. The van der Waals surface area contributed by atoms with Gasteiger partial charge in [-0.2, -0.15) is 0 Å². The van der Waals surface area contributed by atoms with Crippen molar-refractivity contribution in [3.63, 3.8) is 0 Å². The second-order valence-corrected chi connectivity index (χ2v) is 9.07. The Morgan fingerprint density at radius 1 is 1.33 bits per heavy atom. The highest BCUT2D eigenvalue weighted by Gasteiger charge is 2.22. The molecule has 0 saturated carbocycles. The molecule has 3 aromatic heterocycles. The minimum Gasteiger partial charge on any atom is -0.297 e. The summed E-state index contributed by atoms with van der Waals surface area (Å²) in [5.74, 6) is 0.249. The predicted molar refractivity (Wildman–Crippen MR) is 100.0 cm³/mol. The molecule has 0 aliphatic rings. The fourth-order valence-corrected chi connectivity index (χ4v) is 5.61. The Hall–Kier alpha value is -1.64. The first-order valence-corrected chi connectivity index (χ1v) is 9.88. The van der Waals surface area contributed by atoms with Crippen molar-refractivity contribution >= 4 is 50.9 Å². The number of aromatic nitrogens is 2. The largest absolute Gasteiger partial charge is 0.331 e. The Morgan fingerprint density at radius 3 is 2.67 bits per heavy atom. The summed E-state index contributed by atoms with van der Waals surface area (Å²) < 4.78 is 3.74. The van der Waals surface area contributed by atoms with Gasteiger partial charge in [0.15, 0.2) is 6.29 Å². The molecular weight excluding hydrogens is 364 g/mol. The summed E-state index contributed by atoms with van der Waals surface area (Å²) in [5.41, 5.74) is -0.689. The lowest BCUT2D eigenvalue weighted by molar-refractivity contribution is 0.112. The summed E-state index contributed by atoms with van der Waals surface area (Å²) >= 11 is 4.17. The van der Waals surface area contributed by atoms with Gasteiger partial charge in [0.25, 0.3) is 5.56 Å². The van der Waals surface area contributed by atoms with Crippen LogP contribution in [0, 0.1) is 5.92 Å². The van der Waals surface area contributed by atoms with E-state index in [4.69, 9.17) is 0 Å². The number of hydrogen-bond acceptors (Lipinski definition) is 6. The van der Waals surface area contributed by atoms with Gasteiger partial charge in [-0.25, -0.2) is 4.79 Å². The summed E-state index contributed by atoms with van der Waals surface area (Å²) in [5, 5.41) is 2.41. The van der Waals surface area contributed by atoms with Crippen LogP contribution in [0.4, 0.5) is 0 Å². The van der Waals surface area contributed by atoms with E-state index in [2.05, 4.69) is 0 Å². The van der Waals surface area contributed by atoms with Crippen LogP contribution in [-0.2, 0) is 13.6 Å². The van der Waals surface area contributed by atoms with Crippen LogP contribution in [0.3, 0.4) is 0 Å². The molecule has 5 nitrogen and oxygen atoms in total. The molecule has 24 heavy (non-hydrogen) atoms. The number of carbonyl (C=O) groups is 1. The molecule has 0 unspecified atom stereocenters. The minimum atomic E-state index is -0.349. The lowest BCUT2D eigenvalue weighted by Crippen LogP contribution is -2.38. The van der Waals surface area contributed by atoms with Gasteiger partial charge in [0.2, 0.25) is 0 Å². The molecule has 126 valence electrons. The molecule has 0 N–H and O–H groups in total. The summed E-state index contributed by atoms with van der Waals surface area (Å²) in [7, 11) is 1.48. The molecule has 0 atom stereocenters. The summed E-state index contributed by atoms with van der Waals surface area (Å²) in [6.07, 6.45) is 0.768. The van der Waals surface area contributed by atoms with Gasteiger partial charge in [-0.3, -0.25) is 18.7 Å². The first-order valence-electron chi connectivity index (χ1n) is 7.37. The van der Waals surface area contributed by atoms with Gasteiger partial charge < -0.3 is 0 Å². The smallest absolute Gasteiger partial charge is 0.297 e. The van der Waals surface area contributed by atoms with Gasteiger partial charge in [0.05, 0.1) is 14.5 Å². The van der Waals surface area contributed by atoms with Crippen molar-refractivity contribution in [1.29, 1.82) is 0 Å². The highest BCUT2D eigenvalue weighted by Crippen LogP contribution is 2.40. The molecule has 8 heteroatoms. The summed E-state index contributed by atoms with van der Waals surface area (Å²) in [4.78, 5) is 38.5. The first kappa shape index (κ1) is 17.2. The minimum absolute atomic E-state index is 0.249. The van der Waals surface area contributed by atoms with E-state index in [-0.39, 0.29) is 17.2 Å². The van der Waals surface area contributed by atoms with E-state index >= 15 is 0 Å². The maximum Gasteiger partial charge on any atom is 0.331 e. The zero-order valence-electron chi connectivity index (χ0n) is 13.4. The molecule has 0 aromatic carbocycles. The fourth-order valence-electron chi connectivity index (χ4n) is 2.45. The van der Waals surface area contributed by atoms with Crippen LogP contribution < -0.4 is 11.2 Å². The molecule has 0 fully saturated rings. The second-order valence-electron chi connectivity index (χ2n) is 5.78. The van der Waals surface area contributed by atoms with Crippen LogP contribution in [0.15, 0.2) is 36.2 Å². The topological polar surface area (TPSA) is 61.1 Å². The highest BCUT2D eigenvalue weighted by molar-refractivity contribution is 8.01. The monoisotopic (exact) mass is 380 g/mol. The Bertz CT molecular complexity index is 1010. The normalized spacial score (nSPS) is 11.5. The third kappa shape index (κ3) is 2.89. The molecule has 3 heterocycles. The number of thiophene rings is 2. The van der Waals surface area contributed by atoms with Crippen LogP contribution >= 0.6 is 34.4 Å². The van der Waals surface area contributed by atoms with Crippen molar-refractivity contribution in [2.24, 2.45) is 13.0 Å². The van der Waals surface area contributed by atoms with Crippen LogP contribution in [0.2, 0.25) is 0 Å². The van der Waals surface area contributed by atoms with E-state index < -0.39 is 0 Å². The van der Waals surface area contributed by atoms with Crippen molar-refractivity contribution in [2.45, 2.75) is 29.5 Å². The van der Waals surface area contributed by atoms with Gasteiger partial charge in [-0.15, -0.1) is 22.7 Å². The summed E-state index contributed by atoms with van der Waals surface area (Å²) in [6, 6.07) is 3.87. The molecular formula is C16H16N2O3S3. The molecule has 0 aliphatic heterocycles. The molecule has 3 rings (SSSR count). The fraction of sp³-hybridized carbons (Fsp3) is 0.312. The molecule has 0 aliphatic carbocycles. The van der Waals surface area contributed by atoms with E-state index in [0.29, 0.717) is 26.5 Å². The first-order chi connectivity index (χ1) is 11.4. The summed E-state index contributed by atoms with van der Waals surface area (Å²) in [6.45, 7) is 4.53. The molecule has 0 spiro atoms. The van der Waals surface area contributed by atoms with E-state index in [1.165, 1.54) is 30.1 Å². The standard InChI is InChI=1S/C16H16N2O3S3/c1-9(2)7-18-15-12(14(20)17(3)16(18)21)13(10(8-19)23-15)24-11-5-4-6-22-11/h4-6,8-9H,7H2,1-3H3. The molecule has 3 aromatic rings. The molecule has 0 radical (unpaired) electrons. The Morgan fingerprint density at radius 2 is 2.08 bits per heavy atom. The predicted octanol–water partition coefficient (Wildman–Crippen LogP) is 3.44.